The second-order valence-corrected chi connectivity index (χ2v) is 19.9. The number of hydrogen-bond acceptors (Lipinski definition) is 16. The molecule has 0 fully saturated rings. The molecule has 4 amide bonds. The normalized spacial score (nSPS) is 14.6. The Morgan fingerprint density at radius 3 is 0.932 bits per heavy atom. The lowest BCUT2D eigenvalue weighted by molar-refractivity contribution is -0.535. The summed E-state index contributed by atoms with van der Waals surface area (Å²) in [5.74, 6) is -3.21. The zero-order chi connectivity index (χ0) is 46.9. The number of carbonyl (C=O) groups excluding carboxylic acids is 7. The van der Waals surface area contributed by atoms with Gasteiger partial charge in [-0.25, -0.2) is 28.8 Å². The third kappa shape index (κ3) is 22.3. The van der Waals surface area contributed by atoms with Crippen LogP contribution in [0.2, 0.25) is 0 Å². The van der Waals surface area contributed by atoms with Crippen LogP contribution in [0, 0.1) is 10.1 Å². The first-order chi connectivity index (χ1) is 26.1. The second-order valence-electron chi connectivity index (χ2n) is 19.9. The summed E-state index contributed by atoms with van der Waals surface area (Å²) in [6, 6.07) is -5.56. The van der Waals surface area contributed by atoms with E-state index < -0.39 is 131 Å². The lowest BCUT2D eigenvalue weighted by Gasteiger charge is -2.34. The van der Waals surface area contributed by atoms with Crippen LogP contribution >= 0.6 is 0 Å². The van der Waals surface area contributed by atoms with Gasteiger partial charge in [0.2, 0.25) is 6.04 Å². The molecule has 0 saturated carbocycles. The van der Waals surface area contributed by atoms with Crippen molar-refractivity contribution in [1.82, 2.24) is 9.80 Å². The average molecular weight is 848 g/mol. The molecule has 0 aromatic heterocycles. The highest BCUT2D eigenvalue weighted by Crippen LogP contribution is 2.28. The summed E-state index contributed by atoms with van der Waals surface area (Å²) < 4.78 is 38.4. The first-order valence-corrected chi connectivity index (χ1v) is 19.4. The molecule has 0 aromatic rings. The standard InChI is InChI=1S/C40H69N3O16/c1-24(44)53-28(23-22-27(30(46)55-36(5,6)7)42(33(49)58-39(14,15)16)34(50)59-40(17,18)19)25(43(51)52)20-21-26(29(45)54-35(2,3)4)41(31(47)56-37(8,9)10)32(48)57-38(11,12)13/h25-28H,20-23H2,1-19H3/t25?,26-,27-,28?/m0/s1. The molecule has 0 heterocycles. The van der Waals surface area contributed by atoms with Crippen LogP contribution in [0.5, 0.6) is 0 Å². The van der Waals surface area contributed by atoms with E-state index in [0.29, 0.717) is 9.80 Å². The van der Waals surface area contributed by atoms with Crippen LogP contribution in [-0.2, 0) is 47.5 Å². The first kappa shape index (κ1) is 54.3. The summed E-state index contributed by atoms with van der Waals surface area (Å²) in [5, 5.41) is 12.8. The fraction of sp³-hybridized carbons (Fsp3) is 0.825. The maximum Gasteiger partial charge on any atom is 0.420 e. The Morgan fingerprint density at radius 1 is 0.458 bits per heavy atom. The van der Waals surface area contributed by atoms with Gasteiger partial charge in [-0.1, -0.05) is 0 Å². The maximum absolute atomic E-state index is 13.8. The molecule has 340 valence electrons. The van der Waals surface area contributed by atoms with E-state index in [2.05, 4.69) is 0 Å². The van der Waals surface area contributed by atoms with E-state index in [9.17, 15) is 43.7 Å². The Bertz CT molecular complexity index is 1460. The van der Waals surface area contributed by atoms with Crippen molar-refractivity contribution in [2.75, 3.05) is 0 Å². The van der Waals surface area contributed by atoms with Gasteiger partial charge in [-0.2, -0.15) is 9.80 Å². The summed E-state index contributed by atoms with van der Waals surface area (Å²) in [7, 11) is 0. The smallest absolute Gasteiger partial charge is 0.420 e. The van der Waals surface area contributed by atoms with E-state index in [4.69, 9.17) is 33.2 Å². The molecule has 19 nitrogen and oxygen atoms in total. The molecule has 0 spiro atoms. The van der Waals surface area contributed by atoms with Gasteiger partial charge in [0.05, 0.1) is 0 Å². The van der Waals surface area contributed by atoms with Crippen LogP contribution in [0.1, 0.15) is 157 Å². The maximum atomic E-state index is 13.8. The Labute approximate surface area is 348 Å². The van der Waals surface area contributed by atoms with Gasteiger partial charge in [0.1, 0.15) is 45.7 Å². The van der Waals surface area contributed by atoms with Crippen molar-refractivity contribution in [3.05, 3.63) is 10.1 Å². The highest BCUT2D eigenvalue weighted by Gasteiger charge is 2.47. The van der Waals surface area contributed by atoms with Gasteiger partial charge in [-0.3, -0.25) is 14.9 Å². The fourth-order valence-electron chi connectivity index (χ4n) is 4.97. The molecule has 19 heteroatoms. The van der Waals surface area contributed by atoms with Crippen molar-refractivity contribution in [2.45, 2.75) is 215 Å². The Kier molecular flexibility index (Phi) is 18.9. The van der Waals surface area contributed by atoms with E-state index in [1.54, 1.807) is 0 Å². The topological polar surface area (TPSA) is 234 Å². The van der Waals surface area contributed by atoms with Crippen LogP contribution in [-0.4, -0.2) is 115 Å². The van der Waals surface area contributed by atoms with Gasteiger partial charge in [0.25, 0.3) is 0 Å². The first-order valence-electron chi connectivity index (χ1n) is 19.4. The van der Waals surface area contributed by atoms with Crippen LogP contribution in [0.25, 0.3) is 0 Å². The van der Waals surface area contributed by atoms with Crippen molar-refractivity contribution in [2.24, 2.45) is 0 Å². The minimum Gasteiger partial charge on any atom is -0.458 e. The predicted octanol–water partition coefficient (Wildman–Crippen LogP) is 7.89. The Morgan fingerprint density at radius 2 is 0.712 bits per heavy atom. The molecule has 4 atom stereocenters. The molecular weight excluding hydrogens is 778 g/mol. The van der Waals surface area contributed by atoms with Crippen molar-refractivity contribution in [1.29, 1.82) is 0 Å². The van der Waals surface area contributed by atoms with E-state index >= 15 is 0 Å². The molecule has 0 rings (SSSR count). The molecule has 59 heavy (non-hydrogen) atoms. The molecule has 0 aliphatic rings. The molecule has 0 aliphatic carbocycles. The third-order valence-electron chi connectivity index (χ3n) is 6.82. The number of imide groups is 2. The molecule has 0 aliphatic heterocycles. The minimum absolute atomic E-state index is 0.389. The number of esters is 3. The molecule has 0 bridgehead atoms. The molecule has 0 saturated heterocycles. The van der Waals surface area contributed by atoms with Gasteiger partial charge < -0.3 is 33.2 Å². The van der Waals surface area contributed by atoms with Gasteiger partial charge in [0.15, 0.2) is 6.10 Å². The summed E-state index contributed by atoms with van der Waals surface area (Å²) >= 11 is 0. The van der Waals surface area contributed by atoms with Crippen LogP contribution < -0.4 is 0 Å². The summed E-state index contributed by atoms with van der Waals surface area (Å²) in [4.78, 5) is 107. The largest absolute Gasteiger partial charge is 0.458 e. The van der Waals surface area contributed by atoms with Crippen molar-refractivity contribution < 1.29 is 71.6 Å². The number of hydrogen-bond donors (Lipinski definition) is 0. The van der Waals surface area contributed by atoms with E-state index in [1.165, 1.54) is 125 Å². The van der Waals surface area contributed by atoms with Crippen LogP contribution in [0.4, 0.5) is 19.2 Å². The van der Waals surface area contributed by atoms with Crippen molar-refractivity contribution in [3.63, 3.8) is 0 Å². The second kappa shape index (κ2) is 20.5. The molecular formula is C40H69N3O16. The van der Waals surface area contributed by atoms with E-state index in [1.807, 2.05) is 0 Å². The zero-order valence-electron chi connectivity index (χ0n) is 38.5. The lowest BCUT2D eigenvalue weighted by atomic mass is 9.96. The number of ether oxygens (including phenoxy) is 7. The van der Waals surface area contributed by atoms with Gasteiger partial charge in [-0.05, 0) is 144 Å². The number of nitro groups is 1. The summed E-state index contributed by atoms with van der Waals surface area (Å²) in [5.41, 5.74) is -6.97. The van der Waals surface area contributed by atoms with E-state index in [0.717, 1.165) is 6.92 Å². The van der Waals surface area contributed by atoms with E-state index in [-0.39, 0.29) is 0 Å². The van der Waals surface area contributed by atoms with Crippen LogP contribution in [0.3, 0.4) is 0 Å². The zero-order valence-corrected chi connectivity index (χ0v) is 38.5. The third-order valence-corrected chi connectivity index (χ3v) is 6.82. The van der Waals surface area contributed by atoms with Crippen molar-refractivity contribution >= 4 is 42.3 Å². The highest BCUT2D eigenvalue weighted by atomic mass is 16.6. The monoisotopic (exact) mass is 847 g/mol. The van der Waals surface area contributed by atoms with Crippen molar-refractivity contribution in [3.8, 4) is 0 Å². The van der Waals surface area contributed by atoms with Gasteiger partial charge in [-0.15, -0.1) is 0 Å². The van der Waals surface area contributed by atoms with Gasteiger partial charge >= 0.3 is 42.3 Å². The highest BCUT2D eigenvalue weighted by molar-refractivity contribution is 5.95. The quantitative estimate of drug-likeness (QED) is 0.0741. The molecule has 0 aromatic carbocycles. The van der Waals surface area contributed by atoms with Crippen LogP contribution in [0.15, 0.2) is 0 Å². The summed E-state index contributed by atoms with van der Waals surface area (Å²) in [6.07, 6.45) is -9.28. The lowest BCUT2D eigenvalue weighted by Crippen LogP contribution is -2.54. The fourth-order valence-corrected chi connectivity index (χ4v) is 4.97. The molecule has 2 unspecified atom stereocenters. The Balaban J connectivity index is 7.44. The predicted molar refractivity (Wildman–Crippen MR) is 213 cm³/mol. The number of amides is 4. The minimum atomic E-state index is -1.88. The molecule has 0 N–H and O–H groups in total. The summed E-state index contributed by atoms with van der Waals surface area (Å²) in [6.45, 7) is 28.4. The average Bonchev–Trinajstić information content (AvgIpc) is 2.91. The SMILES string of the molecule is CC(=O)OC(CC[C@@H](C(=O)OC(C)(C)C)N(C(=O)OC(C)(C)C)C(=O)OC(C)(C)C)C(CC[C@@H](C(=O)OC(C)(C)C)N(C(=O)OC(C)(C)C)C(=O)OC(C)(C)C)[N+](=O)[O-]. The molecule has 0 radical (unpaired) electrons. The number of carbonyl (C=O) groups is 7. The number of rotatable bonds is 13. The van der Waals surface area contributed by atoms with Gasteiger partial charge in [0, 0.05) is 18.3 Å². The number of nitrogens with zero attached hydrogens (tertiary/aromatic N) is 3. The Hall–Kier alpha value is -4.71.